The molecule has 1 unspecified atom stereocenters. The van der Waals surface area contributed by atoms with Crippen molar-refractivity contribution in [2.24, 2.45) is 0 Å². The fourth-order valence-electron chi connectivity index (χ4n) is 2.70. The van der Waals surface area contributed by atoms with Crippen LogP contribution in [-0.2, 0) is 19.4 Å². The first-order valence-electron chi connectivity index (χ1n) is 8.01. The Morgan fingerprint density at radius 3 is 2.62 bits per heavy atom. The van der Waals surface area contributed by atoms with Crippen molar-refractivity contribution in [1.29, 1.82) is 0 Å². The van der Waals surface area contributed by atoms with Crippen LogP contribution in [0.4, 0.5) is 0 Å². The number of imidazole rings is 1. The number of hydrogen-bond acceptors (Lipinski definition) is 2. The third-order valence-corrected chi connectivity index (χ3v) is 3.97. The Balaban J connectivity index is 1.94. The highest BCUT2D eigenvalue weighted by Crippen LogP contribution is 2.11. The molecule has 3 nitrogen and oxygen atoms in total. The summed E-state index contributed by atoms with van der Waals surface area (Å²) in [4.78, 5) is 4.50. The number of likely N-dealkylation sites (N-methyl/N-ethyl adjacent to an activating group) is 1. The van der Waals surface area contributed by atoms with Crippen LogP contribution in [-0.4, -0.2) is 22.1 Å². The van der Waals surface area contributed by atoms with Crippen molar-refractivity contribution in [3.05, 3.63) is 53.6 Å². The van der Waals surface area contributed by atoms with Crippen LogP contribution in [0.2, 0.25) is 0 Å². The number of benzene rings is 1. The molecule has 0 saturated heterocycles. The van der Waals surface area contributed by atoms with Gasteiger partial charge in [-0.1, -0.05) is 36.8 Å². The van der Waals surface area contributed by atoms with Gasteiger partial charge in [0, 0.05) is 31.4 Å². The Bertz CT molecular complexity index is 528. The third-order valence-electron chi connectivity index (χ3n) is 3.97. The first-order chi connectivity index (χ1) is 10.2. The van der Waals surface area contributed by atoms with Gasteiger partial charge in [-0.3, -0.25) is 0 Å². The van der Waals surface area contributed by atoms with E-state index in [0.717, 1.165) is 32.4 Å². The van der Waals surface area contributed by atoms with Crippen molar-refractivity contribution in [2.75, 3.05) is 6.54 Å². The lowest BCUT2D eigenvalue weighted by Gasteiger charge is -2.18. The van der Waals surface area contributed by atoms with E-state index < -0.39 is 0 Å². The number of aromatic nitrogens is 2. The molecule has 0 aliphatic carbocycles. The summed E-state index contributed by atoms with van der Waals surface area (Å²) in [5.74, 6) is 1.19. The molecule has 114 valence electrons. The predicted molar refractivity (Wildman–Crippen MR) is 88.6 cm³/mol. The van der Waals surface area contributed by atoms with Crippen LogP contribution in [0.3, 0.4) is 0 Å². The van der Waals surface area contributed by atoms with Crippen molar-refractivity contribution in [3.8, 4) is 0 Å². The first-order valence-corrected chi connectivity index (χ1v) is 8.01. The van der Waals surface area contributed by atoms with Crippen molar-refractivity contribution in [2.45, 2.75) is 52.6 Å². The van der Waals surface area contributed by atoms with E-state index in [-0.39, 0.29) is 0 Å². The van der Waals surface area contributed by atoms with Gasteiger partial charge >= 0.3 is 0 Å². The monoisotopic (exact) mass is 285 g/mol. The van der Waals surface area contributed by atoms with E-state index in [1.807, 2.05) is 6.20 Å². The van der Waals surface area contributed by atoms with Crippen LogP contribution < -0.4 is 5.32 Å². The summed E-state index contributed by atoms with van der Waals surface area (Å²) >= 11 is 0. The zero-order valence-electron chi connectivity index (χ0n) is 13.5. The maximum Gasteiger partial charge on any atom is 0.110 e. The number of nitrogens with one attached hydrogen (secondary N) is 1. The predicted octanol–water partition coefficient (Wildman–Crippen LogP) is 3.36. The van der Waals surface area contributed by atoms with Gasteiger partial charge in [-0.05, 0) is 38.8 Å². The molecule has 1 aromatic heterocycles. The molecule has 0 aliphatic heterocycles. The molecule has 1 aromatic carbocycles. The Morgan fingerprint density at radius 2 is 1.95 bits per heavy atom. The van der Waals surface area contributed by atoms with Gasteiger partial charge in [0.25, 0.3) is 0 Å². The van der Waals surface area contributed by atoms with E-state index in [0.29, 0.717) is 6.04 Å². The smallest absolute Gasteiger partial charge is 0.110 e. The molecular weight excluding hydrogens is 258 g/mol. The number of rotatable bonds is 8. The van der Waals surface area contributed by atoms with Gasteiger partial charge in [0.2, 0.25) is 0 Å². The van der Waals surface area contributed by atoms with Crippen molar-refractivity contribution in [1.82, 2.24) is 14.9 Å². The van der Waals surface area contributed by atoms with Crippen molar-refractivity contribution in [3.63, 3.8) is 0 Å². The fourth-order valence-corrected chi connectivity index (χ4v) is 2.70. The molecule has 0 aliphatic rings. The molecule has 1 heterocycles. The second-order valence-electron chi connectivity index (χ2n) is 5.61. The summed E-state index contributed by atoms with van der Waals surface area (Å²) < 4.78 is 2.23. The largest absolute Gasteiger partial charge is 0.335 e. The zero-order chi connectivity index (χ0) is 15.1. The van der Waals surface area contributed by atoms with E-state index in [4.69, 9.17) is 0 Å². The van der Waals surface area contributed by atoms with Crippen molar-refractivity contribution >= 4 is 0 Å². The van der Waals surface area contributed by atoms with Gasteiger partial charge in [-0.15, -0.1) is 0 Å². The minimum Gasteiger partial charge on any atom is -0.335 e. The molecule has 21 heavy (non-hydrogen) atoms. The summed E-state index contributed by atoms with van der Waals surface area (Å²) in [6.07, 6.45) is 7.24. The zero-order valence-corrected chi connectivity index (χ0v) is 13.5. The summed E-state index contributed by atoms with van der Waals surface area (Å²) in [7, 11) is 0. The minimum absolute atomic E-state index is 0.490. The maximum absolute atomic E-state index is 4.50. The maximum atomic E-state index is 4.50. The molecular formula is C18H27N3. The third kappa shape index (κ3) is 4.71. The minimum atomic E-state index is 0.490. The van der Waals surface area contributed by atoms with Gasteiger partial charge in [-0.2, -0.15) is 0 Å². The highest BCUT2D eigenvalue weighted by Gasteiger charge is 2.12. The molecule has 0 bridgehead atoms. The first kappa shape index (κ1) is 15.8. The van der Waals surface area contributed by atoms with Crippen molar-refractivity contribution < 1.29 is 0 Å². The lowest BCUT2D eigenvalue weighted by Crippen LogP contribution is -2.32. The molecule has 0 amide bonds. The van der Waals surface area contributed by atoms with Gasteiger partial charge in [0.15, 0.2) is 0 Å². The van der Waals surface area contributed by atoms with Crippen LogP contribution in [0, 0.1) is 6.92 Å². The molecule has 0 radical (unpaired) electrons. The molecule has 0 spiro atoms. The average Bonchev–Trinajstić information content (AvgIpc) is 2.94. The number of nitrogens with zero attached hydrogens (tertiary/aromatic N) is 2. The topological polar surface area (TPSA) is 29.9 Å². The number of hydrogen-bond donors (Lipinski definition) is 1. The molecule has 1 N–H and O–H groups in total. The van der Waals surface area contributed by atoms with Gasteiger partial charge in [0.1, 0.15) is 5.82 Å². The van der Waals surface area contributed by atoms with E-state index >= 15 is 0 Å². The Morgan fingerprint density at radius 1 is 1.19 bits per heavy atom. The van der Waals surface area contributed by atoms with Crippen LogP contribution in [0.5, 0.6) is 0 Å². The second kappa shape index (κ2) is 7.99. The molecule has 1 atom stereocenters. The highest BCUT2D eigenvalue weighted by molar-refractivity contribution is 5.21. The quantitative estimate of drug-likeness (QED) is 0.806. The molecule has 3 heteroatoms. The summed E-state index contributed by atoms with van der Waals surface area (Å²) in [5, 5.41) is 3.60. The summed E-state index contributed by atoms with van der Waals surface area (Å²) in [6, 6.07) is 9.36. The van der Waals surface area contributed by atoms with Gasteiger partial charge < -0.3 is 9.88 Å². The number of aryl methyl sites for hydroxylation is 3. The van der Waals surface area contributed by atoms with E-state index in [2.05, 4.69) is 66.1 Å². The Hall–Kier alpha value is -1.61. The van der Waals surface area contributed by atoms with Gasteiger partial charge in [0.05, 0.1) is 0 Å². The molecule has 0 fully saturated rings. The molecule has 2 rings (SSSR count). The standard InChI is InChI=1S/C18H27N3/c1-4-19-17(14-18-20-12-13-21(18)5-2)11-10-16-8-6-15(3)7-9-16/h6-9,12-13,17,19H,4-5,10-11,14H2,1-3H3. The van der Waals surface area contributed by atoms with E-state index in [9.17, 15) is 0 Å². The van der Waals surface area contributed by atoms with Crippen LogP contribution in [0.1, 0.15) is 37.2 Å². The SMILES string of the molecule is CCNC(CCc1ccc(C)cc1)Cc1nccn1CC. The van der Waals surface area contributed by atoms with E-state index in [1.54, 1.807) is 0 Å². The van der Waals surface area contributed by atoms with Crippen LogP contribution in [0.15, 0.2) is 36.7 Å². The normalized spacial score (nSPS) is 12.5. The van der Waals surface area contributed by atoms with Crippen LogP contribution >= 0.6 is 0 Å². The Kier molecular flexibility index (Phi) is 6.00. The van der Waals surface area contributed by atoms with Gasteiger partial charge in [-0.25, -0.2) is 4.98 Å². The Labute approximate surface area is 128 Å². The van der Waals surface area contributed by atoms with Crippen LogP contribution in [0.25, 0.3) is 0 Å². The second-order valence-corrected chi connectivity index (χ2v) is 5.61. The summed E-state index contributed by atoms with van der Waals surface area (Å²) in [6.45, 7) is 8.47. The fraction of sp³-hybridized carbons (Fsp3) is 0.500. The lowest BCUT2D eigenvalue weighted by molar-refractivity contribution is 0.473. The highest BCUT2D eigenvalue weighted by atomic mass is 15.1. The lowest BCUT2D eigenvalue weighted by atomic mass is 10.0. The summed E-state index contributed by atoms with van der Waals surface area (Å²) in [5.41, 5.74) is 2.74. The molecule has 0 saturated carbocycles. The molecule has 2 aromatic rings. The van der Waals surface area contributed by atoms with E-state index in [1.165, 1.54) is 17.0 Å². The average molecular weight is 285 g/mol.